The van der Waals surface area contributed by atoms with E-state index in [4.69, 9.17) is 16.7 Å². The summed E-state index contributed by atoms with van der Waals surface area (Å²) in [6, 6.07) is 7.61. The van der Waals surface area contributed by atoms with E-state index in [0.29, 0.717) is 16.8 Å². The summed E-state index contributed by atoms with van der Waals surface area (Å²) in [6.45, 7) is 0. The first-order valence-corrected chi connectivity index (χ1v) is 5.56. The number of rotatable bonds is 3. The highest BCUT2D eigenvalue weighted by Crippen LogP contribution is 2.24. The van der Waals surface area contributed by atoms with Crippen molar-refractivity contribution in [1.29, 1.82) is 0 Å². The zero-order chi connectivity index (χ0) is 13.1. The molecule has 0 unspecified atom stereocenters. The summed E-state index contributed by atoms with van der Waals surface area (Å²) in [4.78, 5) is 14.6. The van der Waals surface area contributed by atoms with Crippen molar-refractivity contribution in [3.8, 4) is 11.1 Å². The van der Waals surface area contributed by atoms with Gasteiger partial charge in [0.15, 0.2) is 0 Å². The Labute approximate surface area is 108 Å². The van der Waals surface area contributed by atoms with Gasteiger partial charge in [-0.05, 0) is 23.8 Å². The second-order valence-corrected chi connectivity index (χ2v) is 4.14. The molecule has 1 heterocycles. The van der Waals surface area contributed by atoms with Crippen LogP contribution in [0.3, 0.4) is 0 Å². The molecule has 0 saturated heterocycles. The molecule has 2 rings (SSSR count). The quantitative estimate of drug-likeness (QED) is 0.927. The third kappa shape index (κ3) is 2.84. The summed E-state index contributed by atoms with van der Waals surface area (Å²) in [5.74, 6) is -1.35. The van der Waals surface area contributed by atoms with Gasteiger partial charge in [0, 0.05) is 11.8 Å². The van der Waals surface area contributed by atoms with Crippen molar-refractivity contribution in [3.05, 3.63) is 53.1 Å². The number of hydrogen-bond donors (Lipinski definition) is 1. The smallest absolute Gasteiger partial charge is 0.309 e. The molecule has 0 bridgehead atoms. The lowest BCUT2D eigenvalue weighted by molar-refractivity contribution is -0.136. The van der Waals surface area contributed by atoms with Crippen LogP contribution in [0.2, 0.25) is 5.02 Å². The fourth-order valence-corrected chi connectivity index (χ4v) is 1.80. The minimum absolute atomic E-state index is 0.234. The summed E-state index contributed by atoms with van der Waals surface area (Å²) in [5.41, 5.74) is 1.59. The van der Waals surface area contributed by atoms with Gasteiger partial charge in [-0.25, -0.2) is 4.39 Å². The first kappa shape index (κ1) is 12.5. The van der Waals surface area contributed by atoms with E-state index in [9.17, 15) is 9.18 Å². The topological polar surface area (TPSA) is 50.2 Å². The van der Waals surface area contributed by atoms with Gasteiger partial charge in [-0.2, -0.15) is 0 Å². The summed E-state index contributed by atoms with van der Waals surface area (Å²) < 4.78 is 13.1. The predicted molar refractivity (Wildman–Crippen MR) is 66.0 cm³/mol. The molecule has 0 saturated carbocycles. The Morgan fingerprint density at radius 3 is 2.72 bits per heavy atom. The Kier molecular flexibility index (Phi) is 3.58. The summed E-state index contributed by atoms with van der Waals surface area (Å²) >= 11 is 5.94. The molecule has 0 aliphatic carbocycles. The van der Waals surface area contributed by atoms with E-state index in [0.717, 1.165) is 0 Å². The number of carboxylic acid groups (broad SMARTS) is 1. The number of carboxylic acids is 1. The van der Waals surface area contributed by atoms with E-state index in [1.807, 2.05) is 0 Å². The SMILES string of the molecule is O=C(O)Cc1ncc(-c2cccc(F)c2)cc1Cl. The second-order valence-electron chi connectivity index (χ2n) is 3.73. The van der Waals surface area contributed by atoms with Crippen molar-refractivity contribution in [2.24, 2.45) is 0 Å². The van der Waals surface area contributed by atoms with Gasteiger partial charge < -0.3 is 5.11 Å². The number of aromatic nitrogens is 1. The predicted octanol–water partition coefficient (Wildman–Crippen LogP) is 3.17. The van der Waals surface area contributed by atoms with Crippen molar-refractivity contribution in [2.75, 3.05) is 0 Å². The normalized spacial score (nSPS) is 10.3. The number of pyridine rings is 1. The number of nitrogens with zero attached hydrogens (tertiary/aromatic N) is 1. The van der Waals surface area contributed by atoms with Crippen LogP contribution < -0.4 is 0 Å². The Balaban J connectivity index is 2.37. The lowest BCUT2D eigenvalue weighted by Crippen LogP contribution is -2.03. The maximum absolute atomic E-state index is 13.1. The van der Waals surface area contributed by atoms with Crippen molar-refractivity contribution in [3.63, 3.8) is 0 Å². The minimum Gasteiger partial charge on any atom is -0.481 e. The van der Waals surface area contributed by atoms with Gasteiger partial charge in [-0.1, -0.05) is 23.7 Å². The molecule has 0 atom stereocenters. The summed E-state index contributed by atoms with van der Waals surface area (Å²) in [5, 5.41) is 8.93. The molecular weight excluding hydrogens is 257 g/mol. The van der Waals surface area contributed by atoms with Gasteiger partial charge in [0.1, 0.15) is 5.82 Å². The fourth-order valence-electron chi connectivity index (χ4n) is 1.57. The molecule has 5 heteroatoms. The highest BCUT2D eigenvalue weighted by molar-refractivity contribution is 6.31. The van der Waals surface area contributed by atoms with Crippen molar-refractivity contribution in [1.82, 2.24) is 4.98 Å². The number of carbonyl (C=O) groups is 1. The largest absolute Gasteiger partial charge is 0.481 e. The van der Waals surface area contributed by atoms with E-state index in [1.54, 1.807) is 18.2 Å². The van der Waals surface area contributed by atoms with Gasteiger partial charge in [0.05, 0.1) is 17.1 Å². The van der Waals surface area contributed by atoms with Gasteiger partial charge in [0.2, 0.25) is 0 Å². The fraction of sp³-hybridized carbons (Fsp3) is 0.0769. The van der Waals surface area contributed by atoms with Crippen LogP contribution in [0.5, 0.6) is 0 Å². The van der Waals surface area contributed by atoms with Crippen molar-refractivity contribution >= 4 is 17.6 Å². The lowest BCUT2D eigenvalue weighted by atomic mass is 10.1. The number of hydrogen-bond acceptors (Lipinski definition) is 2. The standard InChI is InChI=1S/C13H9ClFNO2/c14-11-5-9(7-16-12(11)6-13(17)18)8-2-1-3-10(15)4-8/h1-5,7H,6H2,(H,17,18). The maximum Gasteiger partial charge on any atom is 0.309 e. The van der Waals surface area contributed by atoms with Crippen LogP contribution in [0.1, 0.15) is 5.69 Å². The van der Waals surface area contributed by atoms with Crippen molar-refractivity contribution < 1.29 is 14.3 Å². The first-order valence-electron chi connectivity index (χ1n) is 5.18. The average Bonchev–Trinajstić information content (AvgIpc) is 2.31. The molecule has 0 aliphatic heterocycles. The average molecular weight is 266 g/mol. The van der Waals surface area contributed by atoms with Crippen LogP contribution in [0.15, 0.2) is 36.5 Å². The highest BCUT2D eigenvalue weighted by Gasteiger charge is 2.09. The van der Waals surface area contributed by atoms with Crippen LogP contribution in [-0.2, 0) is 11.2 Å². The first-order chi connectivity index (χ1) is 8.56. The molecule has 1 aromatic carbocycles. The number of aliphatic carboxylic acids is 1. The van der Waals surface area contributed by atoms with E-state index in [-0.39, 0.29) is 17.3 Å². The summed E-state index contributed by atoms with van der Waals surface area (Å²) in [7, 11) is 0. The van der Waals surface area contributed by atoms with Crippen LogP contribution in [0.4, 0.5) is 4.39 Å². The Morgan fingerprint density at radius 2 is 2.11 bits per heavy atom. The van der Waals surface area contributed by atoms with E-state index < -0.39 is 5.97 Å². The maximum atomic E-state index is 13.1. The molecule has 0 radical (unpaired) electrons. The molecule has 2 aromatic rings. The second kappa shape index (κ2) is 5.14. The van der Waals surface area contributed by atoms with Crippen molar-refractivity contribution in [2.45, 2.75) is 6.42 Å². The summed E-state index contributed by atoms with van der Waals surface area (Å²) in [6.07, 6.45) is 1.25. The van der Waals surface area contributed by atoms with Crippen LogP contribution in [-0.4, -0.2) is 16.1 Å². The van der Waals surface area contributed by atoms with Gasteiger partial charge >= 0.3 is 5.97 Å². The molecule has 3 nitrogen and oxygen atoms in total. The zero-order valence-corrected chi connectivity index (χ0v) is 9.99. The van der Waals surface area contributed by atoms with Crippen LogP contribution in [0.25, 0.3) is 11.1 Å². The minimum atomic E-state index is -0.997. The van der Waals surface area contributed by atoms with E-state index >= 15 is 0 Å². The molecule has 0 amide bonds. The number of benzene rings is 1. The molecule has 0 spiro atoms. The number of halogens is 2. The van der Waals surface area contributed by atoms with Gasteiger partial charge in [0.25, 0.3) is 0 Å². The lowest BCUT2D eigenvalue weighted by Gasteiger charge is -2.05. The molecule has 0 fully saturated rings. The molecule has 92 valence electrons. The van der Waals surface area contributed by atoms with E-state index in [1.165, 1.54) is 18.3 Å². The van der Waals surface area contributed by atoms with Gasteiger partial charge in [-0.3, -0.25) is 9.78 Å². The Bertz CT molecular complexity index is 601. The molecular formula is C13H9ClFNO2. The third-order valence-corrected chi connectivity index (χ3v) is 2.72. The van der Waals surface area contributed by atoms with Crippen LogP contribution >= 0.6 is 11.6 Å². The third-order valence-electron chi connectivity index (χ3n) is 2.39. The zero-order valence-electron chi connectivity index (χ0n) is 9.23. The molecule has 1 N–H and O–H groups in total. The molecule has 18 heavy (non-hydrogen) atoms. The highest BCUT2D eigenvalue weighted by atomic mass is 35.5. The Hall–Kier alpha value is -1.94. The van der Waals surface area contributed by atoms with Gasteiger partial charge in [-0.15, -0.1) is 0 Å². The van der Waals surface area contributed by atoms with E-state index in [2.05, 4.69) is 4.98 Å². The Morgan fingerprint density at radius 1 is 1.33 bits per heavy atom. The molecule has 0 aliphatic rings. The van der Waals surface area contributed by atoms with Crippen LogP contribution in [0, 0.1) is 5.82 Å². The monoisotopic (exact) mass is 265 g/mol. The molecule has 1 aromatic heterocycles.